The van der Waals surface area contributed by atoms with Crippen molar-refractivity contribution in [1.29, 1.82) is 0 Å². The smallest absolute Gasteiger partial charge is 0.311 e. The minimum atomic E-state index is -0.591. The molecular formula is C12H11FN4O2. The Hall–Kier alpha value is -2.70. The van der Waals surface area contributed by atoms with E-state index in [1.165, 1.54) is 24.3 Å². The summed E-state index contributed by atoms with van der Waals surface area (Å²) in [6, 6.07) is 8.74. The number of halogens is 1. The molecule has 0 radical (unpaired) electrons. The SMILES string of the molecule is Nc1nc(NCc2ccc(F)cc2)ccc1[N+](=O)[O-]. The summed E-state index contributed by atoms with van der Waals surface area (Å²) in [7, 11) is 0. The summed E-state index contributed by atoms with van der Waals surface area (Å²) in [5.74, 6) is -0.0250. The highest BCUT2D eigenvalue weighted by atomic mass is 19.1. The van der Waals surface area contributed by atoms with Gasteiger partial charge in [0, 0.05) is 12.6 Å². The van der Waals surface area contributed by atoms with Crippen molar-refractivity contribution in [3.8, 4) is 0 Å². The molecule has 0 atom stereocenters. The van der Waals surface area contributed by atoms with Crippen LogP contribution in [0.3, 0.4) is 0 Å². The van der Waals surface area contributed by atoms with Crippen molar-refractivity contribution >= 4 is 17.3 Å². The van der Waals surface area contributed by atoms with Gasteiger partial charge in [-0.3, -0.25) is 10.1 Å². The number of nitro groups is 1. The molecule has 0 saturated carbocycles. The van der Waals surface area contributed by atoms with Crippen LogP contribution in [0.25, 0.3) is 0 Å². The maximum atomic E-state index is 12.7. The van der Waals surface area contributed by atoms with Crippen LogP contribution in [0.1, 0.15) is 5.56 Å². The molecule has 98 valence electrons. The molecule has 0 unspecified atom stereocenters. The van der Waals surface area contributed by atoms with E-state index < -0.39 is 4.92 Å². The summed E-state index contributed by atoms with van der Waals surface area (Å²) in [5.41, 5.74) is 6.10. The van der Waals surface area contributed by atoms with Gasteiger partial charge >= 0.3 is 5.69 Å². The van der Waals surface area contributed by atoms with E-state index in [1.54, 1.807) is 12.1 Å². The highest BCUT2D eigenvalue weighted by Gasteiger charge is 2.12. The first-order valence-corrected chi connectivity index (χ1v) is 5.45. The normalized spacial score (nSPS) is 10.2. The number of aromatic nitrogens is 1. The molecule has 0 spiro atoms. The molecule has 0 aliphatic carbocycles. The van der Waals surface area contributed by atoms with E-state index in [2.05, 4.69) is 10.3 Å². The lowest BCUT2D eigenvalue weighted by atomic mass is 10.2. The lowest BCUT2D eigenvalue weighted by Gasteiger charge is -2.06. The van der Waals surface area contributed by atoms with Crippen molar-refractivity contribution in [3.63, 3.8) is 0 Å². The van der Waals surface area contributed by atoms with Crippen LogP contribution in [0.5, 0.6) is 0 Å². The van der Waals surface area contributed by atoms with Gasteiger partial charge in [-0.2, -0.15) is 0 Å². The summed E-state index contributed by atoms with van der Waals surface area (Å²) in [4.78, 5) is 13.9. The zero-order valence-electron chi connectivity index (χ0n) is 9.84. The number of nitrogens with zero attached hydrogens (tertiary/aromatic N) is 2. The van der Waals surface area contributed by atoms with Crippen molar-refractivity contribution < 1.29 is 9.31 Å². The van der Waals surface area contributed by atoms with Crippen LogP contribution < -0.4 is 11.1 Å². The quantitative estimate of drug-likeness (QED) is 0.651. The summed E-state index contributed by atoms with van der Waals surface area (Å²) in [6.07, 6.45) is 0. The van der Waals surface area contributed by atoms with Crippen LogP contribution in [0.15, 0.2) is 36.4 Å². The van der Waals surface area contributed by atoms with Gasteiger partial charge in [-0.05, 0) is 23.8 Å². The van der Waals surface area contributed by atoms with Crippen molar-refractivity contribution in [1.82, 2.24) is 4.98 Å². The lowest BCUT2D eigenvalue weighted by molar-refractivity contribution is -0.384. The fourth-order valence-electron chi connectivity index (χ4n) is 1.52. The second kappa shape index (κ2) is 5.30. The average Bonchev–Trinajstić information content (AvgIpc) is 2.37. The van der Waals surface area contributed by atoms with Gasteiger partial charge in [0.15, 0.2) is 0 Å². The van der Waals surface area contributed by atoms with Crippen LogP contribution in [-0.2, 0) is 6.54 Å². The third kappa shape index (κ3) is 3.15. The molecular weight excluding hydrogens is 251 g/mol. The highest BCUT2D eigenvalue weighted by Crippen LogP contribution is 2.20. The molecule has 19 heavy (non-hydrogen) atoms. The molecule has 2 rings (SSSR count). The van der Waals surface area contributed by atoms with E-state index in [4.69, 9.17) is 5.73 Å². The summed E-state index contributed by atoms with van der Waals surface area (Å²) >= 11 is 0. The molecule has 0 aliphatic heterocycles. The molecule has 0 fully saturated rings. The number of hydrogen-bond donors (Lipinski definition) is 2. The lowest BCUT2D eigenvalue weighted by Crippen LogP contribution is -2.04. The highest BCUT2D eigenvalue weighted by molar-refractivity contribution is 5.57. The Kier molecular flexibility index (Phi) is 3.56. The fraction of sp³-hybridized carbons (Fsp3) is 0.0833. The number of nitrogens with one attached hydrogen (secondary N) is 1. The second-order valence-corrected chi connectivity index (χ2v) is 3.84. The monoisotopic (exact) mass is 262 g/mol. The van der Waals surface area contributed by atoms with Crippen LogP contribution in [0.2, 0.25) is 0 Å². The zero-order valence-corrected chi connectivity index (χ0v) is 9.84. The molecule has 2 aromatic rings. The second-order valence-electron chi connectivity index (χ2n) is 3.84. The zero-order chi connectivity index (χ0) is 13.8. The summed E-state index contributed by atoms with van der Waals surface area (Å²) in [5, 5.41) is 13.5. The number of rotatable bonds is 4. The first-order valence-electron chi connectivity index (χ1n) is 5.45. The van der Waals surface area contributed by atoms with Crippen molar-refractivity contribution in [2.45, 2.75) is 6.54 Å². The van der Waals surface area contributed by atoms with Crippen LogP contribution >= 0.6 is 0 Å². The van der Waals surface area contributed by atoms with Gasteiger partial charge in [0.05, 0.1) is 4.92 Å². The molecule has 7 heteroatoms. The molecule has 1 heterocycles. The largest absolute Gasteiger partial charge is 0.378 e. The third-order valence-corrected chi connectivity index (χ3v) is 2.49. The molecule has 0 saturated heterocycles. The average molecular weight is 262 g/mol. The number of anilines is 2. The van der Waals surface area contributed by atoms with Gasteiger partial charge < -0.3 is 11.1 Å². The molecule has 6 nitrogen and oxygen atoms in total. The molecule has 1 aromatic heterocycles. The first-order chi connectivity index (χ1) is 9.06. The van der Waals surface area contributed by atoms with E-state index in [0.29, 0.717) is 12.4 Å². The Bertz CT molecular complexity index is 601. The molecule has 3 N–H and O–H groups in total. The van der Waals surface area contributed by atoms with E-state index >= 15 is 0 Å². The Labute approximate surface area is 108 Å². The first kappa shape index (κ1) is 12.7. The van der Waals surface area contributed by atoms with Crippen LogP contribution in [0.4, 0.5) is 21.7 Å². The van der Waals surface area contributed by atoms with Crippen LogP contribution in [0, 0.1) is 15.9 Å². The van der Waals surface area contributed by atoms with E-state index in [-0.39, 0.29) is 17.3 Å². The molecule has 0 amide bonds. The number of hydrogen-bond acceptors (Lipinski definition) is 5. The number of nitrogen functional groups attached to an aromatic ring is 1. The van der Waals surface area contributed by atoms with Crippen LogP contribution in [-0.4, -0.2) is 9.91 Å². The third-order valence-electron chi connectivity index (χ3n) is 2.49. The maximum Gasteiger partial charge on any atom is 0.311 e. The number of pyridine rings is 1. The minimum absolute atomic E-state index is 0.144. The van der Waals surface area contributed by atoms with Crippen molar-refractivity contribution in [2.24, 2.45) is 0 Å². The molecule has 0 bridgehead atoms. The van der Waals surface area contributed by atoms with Gasteiger partial charge in [0.25, 0.3) is 0 Å². The maximum absolute atomic E-state index is 12.7. The molecule has 0 aliphatic rings. The van der Waals surface area contributed by atoms with E-state index in [1.807, 2.05) is 0 Å². The number of benzene rings is 1. The standard InChI is InChI=1S/C12H11FN4O2/c13-9-3-1-8(2-4-9)7-15-11-6-5-10(17(18)19)12(14)16-11/h1-6H,7H2,(H3,14,15,16). The van der Waals surface area contributed by atoms with Gasteiger partial charge in [-0.15, -0.1) is 0 Å². The number of nitrogens with two attached hydrogens (primary N) is 1. The van der Waals surface area contributed by atoms with Gasteiger partial charge in [0.2, 0.25) is 5.82 Å². The van der Waals surface area contributed by atoms with Gasteiger partial charge in [-0.25, -0.2) is 9.37 Å². The minimum Gasteiger partial charge on any atom is -0.378 e. The predicted octanol–water partition coefficient (Wildman–Crippen LogP) is 2.32. The van der Waals surface area contributed by atoms with Crippen molar-refractivity contribution in [3.05, 3.63) is 57.9 Å². The molecule has 1 aromatic carbocycles. The Morgan fingerprint density at radius 1 is 1.26 bits per heavy atom. The Balaban J connectivity index is 2.06. The summed E-state index contributed by atoms with van der Waals surface area (Å²) < 4.78 is 12.7. The summed E-state index contributed by atoms with van der Waals surface area (Å²) in [6.45, 7) is 0.421. The van der Waals surface area contributed by atoms with Gasteiger partial charge in [-0.1, -0.05) is 12.1 Å². The Morgan fingerprint density at radius 3 is 2.53 bits per heavy atom. The van der Waals surface area contributed by atoms with E-state index in [9.17, 15) is 14.5 Å². The van der Waals surface area contributed by atoms with Gasteiger partial charge in [0.1, 0.15) is 11.6 Å². The topological polar surface area (TPSA) is 94.1 Å². The predicted molar refractivity (Wildman–Crippen MR) is 69.0 cm³/mol. The van der Waals surface area contributed by atoms with Crippen molar-refractivity contribution in [2.75, 3.05) is 11.1 Å². The Morgan fingerprint density at radius 2 is 1.95 bits per heavy atom. The van der Waals surface area contributed by atoms with E-state index in [0.717, 1.165) is 5.56 Å². The fourth-order valence-corrected chi connectivity index (χ4v) is 1.52.